The minimum absolute atomic E-state index is 0.0664. The molecular weight excluding hydrogens is 353 g/mol. The van der Waals surface area contributed by atoms with Crippen molar-refractivity contribution in [2.24, 2.45) is 0 Å². The number of pyridine rings is 1. The number of carbonyl (C=O) groups is 1. The third kappa shape index (κ3) is 3.37. The van der Waals surface area contributed by atoms with Crippen LogP contribution in [0.25, 0.3) is 0 Å². The Labute approximate surface area is 147 Å². The van der Waals surface area contributed by atoms with Gasteiger partial charge in [0.2, 0.25) is 0 Å². The molecule has 7 heteroatoms. The van der Waals surface area contributed by atoms with E-state index in [4.69, 9.17) is 23.2 Å². The van der Waals surface area contributed by atoms with Crippen molar-refractivity contribution in [1.29, 1.82) is 0 Å². The van der Waals surface area contributed by atoms with Gasteiger partial charge in [0.15, 0.2) is 5.13 Å². The van der Waals surface area contributed by atoms with Gasteiger partial charge in [-0.15, -0.1) is 11.3 Å². The van der Waals surface area contributed by atoms with Gasteiger partial charge in [-0.25, -0.2) is 9.97 Å². The Morgan fingerprint density at radius 2 is 1.83 bits per heavy atom. The van der Waals surface area contributed by atoms with Crippen molar-refractivity contribution < 1.29 is 4.79 Å². The SMILES string of the molecule is Cc1csc(N(C(=O)c2ccc(Cl)nc2Cl)c2ccccc2)n1. The molecule has 0 aliphatic carbocycles. The number of thiazole rings is 1. The summed E-state index contributed by atoms with van der Waals surface area (Å²) in [5.74, 6) is -0.306. The molecule has 0 saturated heterocycles. The number of hydrogen-bond acceptors (Lipinski definition) is 4. The molecule has 116 valence electrons. The molecule has 23 heavy (non-hydrogen) atoms. The van der Waals surface area contributed by atoms with E-state index in [1.54, 1.807) is 6.07 Å². The largest absolute Gasteiger partial charge is 0.268 e. The van der Waals surface area contributed by atoms with Gasteiger partial charge >= 0.3 is 0 Å². The van der Waals surface area contributed by atoms with Gasteiger partial charge in [-0.1, -0.05) is 41.4 Å². The molecule has 0 fully saturated rings. The lowest BCUT2D eigenvalue weighted by Crippen LogP contribution is -2.26. The Balaban J connectivity index is 2.10. The first-order chi connectivity index (χ1) is 11.1. The molecule has 0 aliphatic heterocycles. The van der Waals surface area contributed by atoms with E-state index in [1.165, 1.54) is 22.3 Å². The quantitative estimate of drug-likeness (QED) is 0.605. The van der Waals surface area contributed by atoms with Crippen LogP contribution in [-0.2, 0) is 0 Å². The van der Waals surface area contributed by atoms with Crippen molar-refractivity contribution in [2.75, 3.05) is 4.90 Å². The van der Waals surface area contributed by atoms with Crippen molar-refractivity contribution in [3.05, 3.63) is 69.4 Å². The van der Waals surface area contributed by atoms with Crippen molar-refractivity contribution in [3.8, 4) is 0 Å². The van der Waals surface area contributed by atoms with Crippen LogP contribution in [0.1, 0.15) is 16.1 Å². The fourth-order valence-electron chi connectivity index (χ4n) is 2.03. The smallest absolute Gasteiger partial charge is 0.267 e. The predicted molar refractivity (Wildman–Crippen MR) is 94.0 cm³/mol. The molecular formula is C16H11Cl2N3OS. The van der Waals surface area contributed by atoms with Gasteiger partial charge in [0, 0.05) is 5.38 Å². The van der Waals surface area contributed by atoms with Gasteiger partial charge in [0.05, 0.1) is 16.9 Å². The summed E-state index contributed by atoms with van der Waals surface area (Å²) >= 11 is 13.3. The molecule has 2 heterocycles. The Morgan fingerprint density at radius 1 is 1.09 bits per heavy atom. The summed E-state index contributed by atoms with van der Waals surface area (Å²) in [6.45, 7) is 1.88. The highest BCUT2D eigenvalue weighted by molar-refractivity contribution is 7.14. The van der Waals surface area contributed by atoms with Crippen molar-refractivity contribution in [3.63, 3.8) is 0 Å². The highest BCUT2D eigenvalue weighted by Gasteiger charge is 2.24. The van der Waals surface area contributed by atoms with Crippen LogP contribution in [0.15, 0.2) is 47.8 Å². The van der Waals surface area contributed by atoms with Crippen LogP contribution >= 0.6 is 34.5 Å². The van der Waals surface area contributed by atoms with E-state index >= 15 is 0 Å². The fourth-order valence-corrected chi connectivity index (χ4v) is 3.27. The number of aryl methyl sites for hydroxylation is 1. The summed E-state index contributed by atoms with van der Waals surface area (Å²) in [5.41, 5.74) is 1.82. The molecule has 4 nitrogen and oxygen atoms in total. The zero-order valence-corrected chi connectivity index (χ0v) is 14.4. The number of amides is 1. The molecule has 0 unspecified atom stereocenters. The Bertz CT molecular complexity index is 852. The Hall–Kier alpha value is -1.95. The molecule has 0 bridgehead atoms. The highest BCUT2D eigenvalue weighted by atomic mass is 35.5. The van der Waals surface area contributed by atoms with E-state index in [9.17, 15) is 4.79 Å². The third-order valence-electron chi connectivity index (χ3n) is 3.06. The summed E-state index contributed by atoms with van der Waals surface area (Å²) in [4.78, 5) is 22.9. The second-order valence-electron chi connectivity index (χ2n) is 4.72. The van der Waals surface area contributed by atoms with Crippen LogP contribution < -0.4 is 4.90 Å². The molecule has 0 atom stereocenters. The van der Waals surface area contributed by atoms with Crippen LogP contribution in [0, 0.1) is 6.92 Å². The monoisotopic (exact) mass is 363 g/mol. The second-order valence-corrected chi connectivity index (χ2v) is 6.30. The van der Waals surface area contributed by atoms with Crippen LogP contribution in [0.4, 0.5) is 10.8 Å². The number of para-hydroxylation sites is 1. The molecule has 1 aromatic carbocycles. The maximum absolute atomic E-state index is 13.0. The van der Waals surface area contributed by atoms with E-state index in [1.807, 2.05) is 42.6 Å². The number of halogens is 2. The van der Waals surface area contributed by atoms with Gasteiger partial charge in [-0.2, -0.15) is 0 Å². The molecule has 0 radical (unpaired) electrons. The third-order valence-corrected chi connectivity index (χ3v) is 4.50. The Kier molecular flexibility index (Phi) is 4.61. The molecule has 2 aromatic heterocycles. The first-order valence-electron chi connectivity index (χ1n) is 6.70. The summed E-state index contributed by atoms with van der Waals surface area (Å²) in [6.07, 6.45) is 0. The molecule has 0 aliphatic rings. The molecule has 3 rings (SSSR count). The number of nitrogens with zero attached hydrogens (tertiary/aromatic N) is 3. The average molecular weight is 364 g/mol. The number of rotatable bonds is 3. The molecule has 3 aromatic rings. The van der Waals surface area contributed by atoms with Gasteiger partial charge in [0.25, 0.3) is 5.91 Å². The molecule has 1 amide bonds. The summed E-state index contributed by atoms with van der Waals surface area (Å²) in [6, 6.07) is 12.4. The number of carbonyl (C=O) groups excluding carboxylic acids is 1. The normalized spacial score (nSPS) is 10.6. The minimum atomic E-state index is -0.306. The molecule has 0 saturated carbocycles. The zero-order valence-electron chi connectivity index (χ0n) is 12.0. The van der Waals surface area contributed by atoms with E-state index in [2.05, 4.69) is 9.97 Å². The highest BCUT2D eigenvalue weighted by Crippen LogP contribution is 2.31. The lowest BCUT2D eigenvalue weighted by Gasteiger charge is -2.20. The maximum atomic E-state index is 13.0. The van der Waals surface area contributed by atoms with Gasteiger partial charge in [0.1, 0.15) is 10.3 Å². The van der Waals surface area contributed by atoms with Crippen LogP contribution in [0.3, 0.4) is 0 Å². The van der Waals surface area contributed by atoms with Crippen LogP contribution in [0.2, 0.25) is 10.3 Å². The average Bonchev–Trinajstić information content (AvgIpc) is 2.94. The number of benzene rings is 1. The van der Waals surface area contributed by atoms with Gasteiger partial charge in [-0.05, 0) is 31.2 Å². The maximum Gasteiger partial charge on any atom is 0.267 e. The lowest BCUT2D eigenvalue weighted by molar-refractivity contribution is 0.0999. The second kappa shape index (κ2) is 6.66. The van der Waals surface area contributed by atoms with E-state index in [0.29, 0.717) is 10.8 Å². The zero-order chi connectivity index (χ0) is 16.4. The van der Waals surface area contributed by atoms with Crippen molar-refractivity contribution in [2.45, 2.75) is 6.92 Å². The van der Waals surface area contributed by atoms with Crippen LogP contribution in [0.5, 0.6) is 0 Å². The number of hydrogen-bond donors (Lipinski definition) is 0. The summed E-state index contributed by atoms with van der Waals surface area (Å²) < 4.78 is 0. The van der Waals surface area contributed by atoms with Gasteiger partial charge in [-0.3, -0.25) is 9.69 Å². The predicted octanol–water partition coefficient (Wildman–Crippen LogP) is 5.13. The number of aromatic nitrogens is 2. The van der Waals surface area contributed by atoms with Gasteiger partial charge < -0.3 is 0 Å². The fraction of sp³-hybridized carbons (Fsp3) is 0.0625. The van der Waals surface area contributed by atoms with E-state index in [0.717, 1.165) is 5.69 Å². The van der Waals surface area contributed by atoms with E-state index in [-0.39, 0.29) is 21.8 Å². The first kappa shape index (κ1) is 15.9. The Morgan fingerprint density at radius 3 is 2.43 bits per heavy atom. The molecule has 0 spiro atoms. The lowest BCUT2D eigenvalue weighted by atomic mass is 10.2. The van der Waals surface area contributed by atoms with Crippen molar-refractivity contribution in [1.82, 2.24) is 9.97 Å². The van der Waals surface area contributed by atoms with Crippen molar-refractivity contribution >= 4 is 51.3 Å². The van der Waals surface area contributed by atoms with E-state index < -0.39 is 0 Å². The van der Waals surface area contributed by atoms with Crippen LogP contribution in [-0.4, -0.2) is 15.9 Å². The summed E-state index contributed by atoms with van der Waals surface area (Å²) in [7, 11) is 0. The topological polar surface area (TPSA) is 46.1 Å². The summed E-state index contributed by atoms with van der Waals surface area (Å²) in [5, 5.41) is 2.77. The molecule has 0 N–H and O–H groups in total. The first-order valence-corrected chi connectivity index (χ1v) is 8.33. The minimum Gasteiger partial charge on any atom is -0.268 e. The number of anilines is 2. The standard InChI is InChI=1S/C16H11Cl2N3OS/c1-10-9-23-16(19-10)21(11-5-3-2-4-6-11)15(22)12-7-8-13(17)20-14(12)18/h2-9H,1H3.